The molecule has 0 bridgehead atoms. The standard InChI is InChI=1S/C11H16ClN3O2/c1-7(6-17-2)5-14-11(16)10-8(12)3-4-9(13)15-10/h3-4,7H,5-6H2,1-2H3,(H2,13,15)(H,14,16). The van der Waals surface area contributed by atoms with E-state index >= 15 is 0 Å². The fourth-order valence-corrected chi connectivity index (χ4v) is 1.50. The summed E-state index contributed by atoms with van der Waals surface area (Å²) in [4.78, 5) is 15.7. The van der Waals surface area contributed by atoms with Crippen LogP contribution in [-0.4, -0.2) is 31.2 Å². The highest BCUT2D eigenvalue weighted by molar-refractivity contribution is 6.33. The van der Waals surface area contributed by atoms with Gasteiger partial charge in [0.2, 0.25) is 0 Å². The van der Waals surface area contributed by atoms with Gasteiger partial charge in [-0.2, -0.15) is 0 Å². The Balaban J connectivity index is 2.61. The molecule has 0 saturated carbocycles. The zero-order valence-corrected chi connectivity index (χ0v) is 10.6. The number of nitrogens with one attached hydrogen (secondary N) is 1. The Morgan fingerprint density at radius 3 is 3.00 bits per heavy atom. The maximum Gasteiger partial charge on any atom is 0.271 e. The molecule has 1 amide bonds. The van der Waals surface area contributed by atoms with Crippen LogP contribution in [0.1, 0.15) is 17.4 Å². The average molecular weight is 258 g/mol. The van der Waals surface area contributed by atoms with E-state index < -0.39 is 0 Å². The van der Waals surface area contributed by atoms with Crippen molar-refractivity contribution in [2.45, 2.75) is 6.92 Å². The van der Waals surface area contributed by atoms with E-state index in [0.29, 0.717) is 13.2 Å². The first kappa shape index (κ1) is 13.7. The predicted octanol–water partition coefficient (Wildman–Crippen LogP) is 1.33. The molecule has 0 aliphatic carbocycles. The molecule has 1 rings (SSSR count). The molecule has 0 aromatic carbocycles. The third kappa shape index (κ3) is 4.20. The molecule has 0 saturated heterocycles. The van der Waals surface area contributed by atoms with Crippen LogP contribution in [-0.2, 0) is 4.74 Å². The van der Waals surface area contributed by atoms with Crippen molar-refractivity contribution in [1.29, 1.82) is 0 Å². The number of nitrogen functional groups attached to an aromatic ring is 1. The van der Waals surface area contributed by atoms with Crippen LogP contribution in [0.5, 0.6) is 0 Å². The molecule has 94 valence electrons. The summed E-state index contributed by atoms with van der Waals surface area (Å²) in [6.45, 7) is 3.05. The fourth-order valence-electron chi connectivity index (χ4n) is 1.31. The molecule has 1 aromatic heterocycles. The molecule has 1 atom stereocenters. The van der Waals surface area contributed by atoms with Gasteiger partial charge in [0.15, 0.2) is 0 Å². The number of pyridine rings is 1. The number of methoxy groups -OCH3 is 1. The molecule has 0 fully saturated rings. The summed E-state index contributed by atoms with van der Waals surface area (Å²) in [6.07, 6.45) is 0. The second-order valence-corrected chi connectivity index (χ2v) is 4.24. The lowest BCUT2D eigenvalue weighted by molar-refractivity contribution is 0.0929. The van der Waals surface area contributed by atoms with Gasteiger partial charge in [-0.25, -0.2) is 4.98 Å². The van der Waals surface area contributed by atoms with Gasteiger partial charge in [-0.15, -0.1) is 0 Å². The summed E-state index contributed by atoms with van der Waals surface area (Å²) in [5.74, 6) is 0.165. The number of aromatic nitrogens is 1. The summed E-state index contributed by atoms with van der Waals surface area (Å²) in [5, 5.41) is 3.02. The molecule has 0 aliphatic heterocycles. The maximum absolute atomic E-state index is 11.8. The minimum atomic E-state index is -0.328. The molecule has 1 heterocycles. The predicted molar refractivity (Wildman–Crippen MR) is 67.0 cm³/mol. The third-order valence-electron chi connectivity index (χ3n) is 2.14. The number of ether oxygens (including phenoxy) is 1. The van der Waals surface area contributed by atoms with E-state index in [1.54, 1.807) is 19.2 Å². The van der Waals surface area contributed by atoms with Crippen LogP contribution in [0, 0.1) is 5.92 Å². The zero-order chi connectivity index (χ0) is 12.8. The van der Waals surface area contributed by atoms with Crippen molar-refractivity contribution in [3.63, 3.8) is 0 Å². The van der Waals surface area contributed by atoms with E-state index in [-0.39, 0.29) is 28.4 Å². The molecule has 1 aromatic rings. The lowest BCUT2D eigenvalue weighted by Gasteiger charge is -2.11. The highest BCUT2D eigenvalue weighted by Gasteiger charge is 2.13. The number of anilines is 1. The van der Waals surface area contributed by atoms with Crippen molar-refractivity contribution >= 4 is 23.3 Å². The lowest BCUT2D eigenvalue weighted by atomic mass is 10.2. The van der Waals surface area contributed by atoms with E-state index in [1.807, 2.05) is 6.92 Å². The van der Waals surface area contributed by atoms with Gasteiger partial charge in [0, 0.05) is 13.7 Å². The Morgan fingerprint density at radius 2 is 2.35 bits per heavy atom. The first-order valence-electron chi connectivity index (χ1n) is 5.23. The Bertz CT molecular complexity index is 398. The van der Waals surface area contributed by atoms with Gasteiger partial charge in [0.05, 0.1) is 11.6 Å². The van der Waals surface area contributed by atoms with Crippen LogP contribution in [0.2, 0.25) is 5.02 Å². The highest BCUT2D eigenvalue weighted by atomic mass is 35.5. The number of carbonyl (C=O) groups excluding carboxylic acids is 1. The van der Waals surface area contributed by atoms with Crippen molar-refractivity contribution in [3.05, 3.63) is 22.8 Å². The van der Waals surface area contributed by atoms with E-state index in [2.05, 4.69) is 10.3 Å². The Hall–Kier alpha value is -1.33. The SMILES string of the molecule is COCC(C)CNC(=O)c1nc(N)ccc1Cl. The summed E-state index contributed by atoms with van der Waals surface area (Å²) in [7, 11) is 1.62. The Labute approximate surface area is 105 Å². The van der Waals surface area contributed by atoms with Gasteiger partial charge in [-0.1, -0.05) is 18.5 Å². The summed E-state index contributed by atoms with van der Waals surface area (Å²) in [6, 6.07) is 3.10. The number of rotatable bonds is 5. The second kappa shape index (κ2) is 6.42. The first-order valence-corrected chi connectivity index (χ1v) is 5.61. The van der Waals surface area contributed by atoms with Crippen molar-refractivity contribution < 1.29 is 9.53 Å². The minimum Gasteiger partial charge on any atom is -0.384 e. The van der Waals surface area contributed by atoms with Crippen LogP contribution in [0.25, 0.3) is 0 Å². The average Bonchev–Trinajstić information content (AvgIpc) is 2.29. The summed E-state index contributed by atoms with van der Waals surface area (Å²) >= 11 is 5.86. The van der Waals surface area contributed by atoms with Crippen LogP contribution < -0.4 is 11.1 Å². The van der Waals surface area contributed by atoms with Crippen molar-refractivity contribution in [2.75, 3.05) is 26.0 Å². The largest absolute Gasteiger partial charge is 0.384 e. The van der Waals surface area contributed by atoms with Crippen molar-refractivity contribution in [3.8, 4) is 0 Å². The molecule has 17 heavy (non-hydrogen) atoms. The smallest absolute Gasteiger partial charge is 0.271 e. The number of hydrogen-bond acceptors (Lipinski definition) is 4. The molecular formula is C11H16ClN3O2. The number of amides is 1. The number of nitrogens with zero attached hydrogens (tertiary/aromatic N) is 1. The van der Waals surface area contributed by atoms with Crippen LogP contribution in [0.4, 0.5) is 5.82 Å². The molecule has 0 aliphatic rings. The third-order valence-corrected chi connectivity index (χ3v) is 2.45. The van der Waals surface area contributed by atoms with Crippen LogP contribution >= 0.6 is 11.6 Å². The lowest BCUT2D eigenvalue weighted by Crippen LogP contribution is -2.30. The highest BCUT2D eigenvalue weighted by Crippen LogP contribution is 2.14. The topological polar surface area (TPSA) is 77.2 Å². The zero-order valence-electron chi connectivity index (χ0n) is 9.87. The first-order chi connectivity index (χ1) is 8.04. The number of hydrogen-bond donors (Lipinski definition) is 2. The van der Waals surface area contributed by atoms with Crippen molar-refractivity contribution in [1.82, 2.24) is 10.3 Å². The van der Waals surface area contributed by atoms with Crippen molar-refractivity contribution in [2.24, 2.45) is 5.92 Å². The molecule has 3 N–H and O–H groups in total. The molecule has 6 heteroatoms. The monoisotopic (exact) mass is 257 g/mol. The second-order valence-electron chi connectivity index (χ2n) is 3.84. The van der Waals surface area contributed by atoms with Gasteiger partial charge >= 0.3 is 0 Å². The van der Waals surface area contributed by atoms with Crippen LogP contribution in [0.15, 0.2) is 12.1 Å². The molecular weight excluding hydrogens is 242 g/mol. The van der Waals surface area contributed by atoms with Gasteiger partial charge in [-0.05, 0) is 18.1 Å². The van der Waals surface area contributed by atoms with E-state index in [0.717, 1.165) is 0 Å². The van der Waals surface area contributed by atoms with E-state index in [1.165, 1.54) is 0 Å². The van der Waals surface area contributed by atoms with Gasteiger partial charge in [-0.3, -0.25) is 4.79 Å². The van der Waals surface area contributed by atoms with Gasteiger partial charge < -0.3 is 15.8 Å². The van der Waals surface area contributed by atoms with Crippen LogP contribution in [0.3, 0.4) is 0 Å². The molecule has 0 radical (unpaired) electrons. The fraction of sp³-hybridized carbons (Fsp3) is 0.455. The molecule has 1 unspecified atom stereocenters. The quantitative estimate of drug-likeness (QED) is 0.834. The normalized spacial score (nSPS) is 12.2. The van der Waals surface area contributed by atoms with E-state index in [4.69, 9.17) is 22.1 Å². The molecule has 5 nitrogen and oxygen atoms in total. The number of halogens is 1. The maximum atomic E-state index is 11.8. The Kier molecular flexibility index (Phi) is 5.18. The van der Waals surface area contributed by atoms with Gasteiger partial charge in [0.25, 0.3) is 5.91 Å². The van der Waals surface area contributed by atoms with Gasteiger partial charge in [0.1, 0.15) is 11.5 Å². The minimum absolute atomic E-state index is 0.149. The van der Waals surface area contributed by atoms with E-state index in [9.17, 15) is 4.79 Å². The summed E-state index contributed by atoms with van der Waals surface area (Å²) in [5.41, 5.74) is 5.65. The molecule has 0 spiro atoms. The Morgan fingerprint density at radius 1 is 1.65 bits per heavy atom. The summed E-state index contributed by atoms with van der Waals surface area (Å²) < 4.78 is 4.97. The number of carbonyl (C=O) groups is 1. The number of nitrogens with two attached hydrogens (primary N) is 1.